The molecule has 0 unspecified atom stereocenters. The molecule has 0 aliphatic rings. The predicted octanol–water partition coefficient (Wildman–Crippen LogP) is 3.02. The maximum absolute atomic E-state index is 12.5. The Kier molecular flexibility index (Phi) is 5.95. The fourth-order valence-corrected chi connectivity index (χ4v) is 2.46. The van der Waals surface area contributed by atoms with Crippen molar-refractivity contribution in [3.05, 3.63) is 58.7 Å². The molecule has 2 aromatic heterocycles. The van der Waals surface area contributed by atoms with Gasteiger partial charge in [0, 0.05) is 29.0 Å². The van der Waals surface area contributed by atoms with Crippen LogP contribution in [0.3, 0.4) is 0 Å². The first kappa shape index (κ1) is 19.2. The molecule has 0 spiro atoms. The number of nitrogens with one attached hydrogen (secondary N) is 1. The van der Waals surface area contributed by atoms with Gasteiger partial charge in [-0.3, -0.25) is 4.79 Å². The van der Waals surface area contributed by atoms with E-state index in [1.165, 1.54) is 12.4 Å². The van der Waals surface area contributed by atoms with Crippen molar-refractivity contribution in [2.24, 2.45) is 0 Å². The number of aromatic nitrogens is 4. The molecule has 2 N–H and O–H groups in total. The minimum Gasteiger partial charge on any atom is -0.394 e. The van der Waals surface area contributed by atoms with Gasteiger partial charge in [-0.15, -0.1) is 0 Å². The maximum Gasteiger partial charge on any atom is 0.270 e. The van der Waals surface area contributed by atoms with Crippen LogP contribution in [0.5, 0.6) is 0 Å². The van der Waals surface area contributed by atoms with Gasteiger partial charge in [-0.05, 0) is 36.7 Å². The van der Waals surface area contributed by atoms with Crippen LogP contribution in [0, 0.1) is 0 Å². The Morgan fingerprint density at radius 3 is 2.41 bits per heavy atom. The second kappa shape index (κ2) is 8.39. The number of carbonyl (C=O) groups excluding carboxylic acids is 1. The number of amides is 1. The molecule has 0 aliphatic heterocycles. The fourth-order valence-electron chi connectivity index (χ4n) is 2.23. The second-order valence-electron chi connectivity index (χ2n) is 5.77. The van der Waals surface area contributed by atoms with Gasteiger partial charge in [-0.1, -0.05) is 23.7 Å². The van der Waals surface area contributed by atoms with Crippen molar-refractivity contribution in [2.75, 3.05) is 6.61 Å². The molecule has 3 rings (SSSR count). The molecule has 0 saturated heterocycles. The van der Waals surface area contributed by atoms with Gasteiger partial charge in [0.25, 0.3) is 5.91 Å². The summed E-state index contributed by atoms with van der Waals surface area (Å²) in [5.74, 6) is -0.147. The summed E-state index contributed by atoms with van der Waals surface area (Å²) < 4.78 is 0. The van der Waals surface area contributed by atoms with Crippen LogP contribution in [0.2, 0.25) is 10.3 Å². The number of aliphatic hydroxyl groups excluding tert-OH is 1. The largest absolute Gasteiger partial charge is 0.394 e. The smallest absolute Gasteiger partial charge is 0.270 e. The quantitative estimate of drug-likeness (QED) is 0.634. The van der Waals surface area contributed by atoms with Crippen LogP contribution >= 0.6 is 23.2 Å². The molecule has 7 nitrogen and oxygen atoms in total. The van der Waals surface area contributed by atoms with E-state index in [4.69, 9.17) is 28.3 Å². The first-order valence-electron chi connectivity index (χ1n) is 8.01. The second-order valence-corrected chi connectivity index (χ2v) is 6.54. The lowest BCUT2D eigenvalue weighted by molar-refractivity contribution is 0.0917. The minimum absolute atomic E-state index is 0.0994. The van der Waals surface area contributed by atoms with E-state index in [2.05, 4.69) is 25.3 Å². The molecule has 1 amide bonds. The fraction of sp³-hybridized carbons (Fsp3) is 0.167. The van der Waals surface area contributed by atoms with Gasteiger partial charge in [0.2, 0.25) is 5.28 Å². The summed E-state index contributed by atoms with van der Waals surface area (Å²) in [7, 11) is 0. The summed E-state index contributed by atoms with van der Waals surface area (Å²) in [5.41, 5.74) is 1.97. The SMILES string of the molecule is C[C@@H](CO)NC(=O)c1cc(-c2ccc(Cl)cc2)nc(-c2cnc(Cl)nc2)n1. The molecule has 0 radical (unpaired) electrons. The highest BCUT2D eigenvalue weighted by molar-refractivity contribution is 6.30. The zero-order chi connectivity index (χ0) is 19.4. The van der Waals surface area contributed by atoms with Crippen molar-refractivity contribution in [3.8, 4) is 22.6 Å². The van der Waals surface area contributed by atoms with E-state index >= 15 is 0 Å². The summed E-state index contributed by atoms with van der Waals surface area (Å²) in [4.78, 5) is 29.2. The Balaban J connectivity index is 2.08. The highest BCUT2D eigenvalue weighted by atomic mass is 35.5. The third-order valence-corrected chi connectivity index (χ3v) is 4.08. The van der Waals surface area contributed by atoms with Crippen molar-refractivity contribution >= 4 is 29.1 Å². The normalized spacial score (nSPS) is 11.9. The first-order valence-corrected chi connectivity index (χ1v) is 8.76. The number of hydrogen-bond acceptors (Lipinski definition) is 6. The molecule has 0 fully saturated rings. The molecule has 3 aromatic rings. The third kappa shape index (κ3) is 4.77. The predicted molar refractivity (Wildman–Crippen MR) is 103 cm³/mol. The Morgan fingerprint density at radius 2 is 1.78 bits per heavy atom. The molecule has 0 bridgehead atoms. The van der Waals surface area contributed by atoms with Gasteiger partial charge in [0.05, 0.1) is 17.9 Å². The highest BCUT2D eigenvalue weighted by Gasteiger charge is 2.16. The van der Waals surface area contributed by atoms with Crippen LogP contribution < -0.4 is 5.32 Å². The first-order chi connectivity index (χ1) is 13.0. The molecule has 0 aliphatic carbocycles. The lowest BCUT2D eigenvalue weighted by Gasteiger charge is -2.12. The van der Waals surface area contributed by atoms with Gasteiger partial charge in [0.1, 0.15) is 5.69 Å². The number of nitrogens with zero attached hydrogens (tertiary/aromatic N) is 4. The summed E-state index contributed by atoms with van der Waals surface area (Å²) in [6.45, 7) is 1.51. The lowest BCUT2D eigenvalue weighted by Crippen LogP contribution is -2.35. The van der Waals surface area contributed by atoms with E-state index in [0.29, 0.717) is 16.3 Å². The van der Waals surface area contributed by atoms with Crippen LogP contribution in [0.1, 0.15) is 17.4 Å². The number of benzene rings is 1. The summed E-state index contributed by atoms with van der Waals surface area (Å²) in [6, 6.07) is 8.22. The Hall–Kier alpha value is -2.61. The van der Waals surface area contributed by atoms with E-state index in [1.807, 2.05) is 0 Å². The summed E-state index contributed by atoms with van der Waals surface area (Å²) in [6.07, 6.45) is 2.96. The van der Waals surface area contributed by atoms with Crippen LogP contribution in [-0.4, -0.2) is 43.6 Å². The Bertz CT molecular complexity index is 885. The van der Waals surface area contributed by atoms with Crippen LogP contribution in [-0.2, 0) is 0 Å². The third-order valence-electron chi connectivity index (χ3n) is 3.63. The number of carbonyl (C=O) groups is 1. The molecule has 9 heteroatoms. The minimum atomic E-state index is -0.426. The van der Waals surface area contributed by atoms with Crippen molar-refractivity contribution < 1.29 is 9.90 Å². The average Bonchev–Trinajstić information content (AvgIpc) is 2.68. The van der Waals surface area contributed by atoms with Crippen molar-refractivity contribution in [3.63, 3.8) is 0 Å². The number of hydrogen-bond donors (Lipinski definition) is 2. The molecule has 138 valence electrons. The van der Waals surface area contributed by atoms with E-state index in [0.717, 1.165) is 5.56 Å². The molecule has 27 heavy (non-hydrogen) atoms. The topological polar surface area (TPSA) is 101 Å². The molecular formula is C18H15Cl2N5O2. The molecule has 1 atom stereocenters. The van der Waals surface area contributed by atoms with Gasteiger partial charge in [-0.2, -0.15) is 0 Å². The monoisotopic (exact) mass is 403 g/mol. The van der Waals surface area contributed by atoms with E-state index in [1.54, 1.807) is 37.3 Å². The van der Waals surface area contributed by atoms with Gasteiger partial charge in [-0.25, -0.2) is 19.9 Å². The van der Waals surface area contributed by atoms with Crippen molar-refractivity contribution in [2.45, 2.75) is 13.0 Å². The lowest BCUT2D eigenvalue weighted by atomic mass is 10.1. The Morgan fingerprint density at radius 1 is 1.11 bits per heavy atom. The molecule has 1 aromatic carbocycles. The van der Waals surface area contributed by atoms with Crippen LogP contribution in [0.15, 0.2) is 42.7 Å². The van der Waals surface area contributed by atoms with Gasteiger partial charge >= 0.3 is 0 Å². The summed E-state index contributed by atoms with van der Waals surface area (Å²) >= 11 is 11.7. The zero-order valence-electron chi connectivity index (χ0n) is 14.2. The zero-order valence-corrected chi connectivity index (χ0v) is 15.7. The van der Waals surface area contributed by atoms with Crippen LogP contribution in [0.25, 0.3) is 22.6 Å². The average molecular weight is 404 g/mol. The van der Waals surface area contributed by atoms with E-state index in [9.17, 15) is 4.79 Å². The number of halogens is 2. The molecule has 0 saturated carbocycles. The van der Waals surface area contributed by atoms with Gasteiger partial charge in [0.15, 0.2) is 5.82 Å². The summed E-state index contributed by atoms with van der Waals surface area (Å²) in [5, 5.41) is 12.5. The van der Waals surface area contributed by atoms with E-state index in [-0.39, 0.29) is 23.4 Å². The molecular weight excluding hydrogens is 389 g/mol. The number of rotatable bonds is 5. The van der Waals surface area contributed by atoms with Crippen molar-refractivity contribution in [1.29, 1.82) is 0 Å². The number of aliphatic hydroxyl groups is 1. The maximum atomic E-state index is 12.5. The van der Waals surface area contributed by atoms with E-state index < -0.39 is 11.9 Å². The standard InChI is InChI=1S/C18H15Cl2N5O2/c1-10(9-26)23-17(27)15-6-14(11-2-4-13(19)5-3-11)24-16(25-15)12-7-21-18(20)22-8-12/h2-8,10,26H,9H2,1H3,(H,23,27)/t10-/m0/s1. The van der Waals surface area contributed by atoms with Crippen LogP contribution in [0.4, 0.5) is 0 Å². The van der Waals surface area contributed by atoms with Gasteiger partial charge < -0.3 is 10.4 Å². The Labute approximate surface area is 165 Å². The molecule has 2 heterocycles. The van der Waals surface area contributed by atoms with Crippen molar-refractivity contribution in [1.82, 2.24) is 25.3 Å². The highest BCUT2D eigenvalue weighted by Crippen LogP contribution is 2.23.